The van der Waals surface area contributed by atoms with Gasteiger partial charge in [-0.15, -0.1) is 0 Å². The number of nitrogens with one attached hydrogen (secondary N) is 1. The van der Waals surface area contributed by atoms with Gasteiger partial charge >= 0.3 is 0 Å². The molecule has 2 aromatic rings. The lowest BCUT2D eigenvalue weighted by atomic mass is 10.1. The zero-order chi connectivity index (χ0) is 11.0. The third-order valence-electron chi connectivity index (χ3n) is 3.45. The van der Waals surface area contributed by atoms with E-state index in [1.165, 1.54) is 19.3 Å². The van der Waals surface area contributed by atoms with Crippen molar-refractivity contribution < 1.29 is 0 Å². The summed E-state index contributed by atoms with van der Waals surface area (Å²) in [4.78, 5) is 4.52. The van der Waals surface area contributed by atoms with Crippen molar-refractivity contribution in [2.75, 3.05) is 5.32 Å². The van der Waals surface area contributed by atoms with E-state index in [2.05, 4.69) is 22.3 Å². The number of rotatable bonds is 2. The number of aromatic nitrogens is 3. The lowest BCUT2D eigenvalue weighted by molar-refractivity contribution is 0.555. The van der Waals surface area contributed by atoms with Gasteiger partial charge < -0.3 is 5.32 Å². The highest BCUT2D eigenvalue weighted by molar-refractivity contribution is 5.46. The largest absolute Gasteiger partial charge is 0.367 e. The van der Waals surface area contributed by atoms with Crippen molar-refractivity contribution in [1.82, 2.24) is 14.6 Å². The van der Waals surface area contributed by atoms with Crippen LogP contribution in [0.5, 0.6) is 0 Å². The standard InChI is InChI=1S/C12H16N4/c1-9-3-2-4-10(9)14-11-6-8-16-12(15-11)5-7-13-16/h5-10H,2-4H2,1H3,(H,14,15). The van der Waals surface area contributed by atoms with Gasteiger partial charge in [-0.05, 0) is 24.8 Å². The van der Waals surface area contributed by atoms with E-state index in [0.717, 1.165) is 17.4 Å². The van der Waals surface area contributed by atoms with E-state index in [9.17, 15) is 0 Å². The van der Waals surface area contributed by atoms with E-state index in [-0.39, 0.29) is 0 Å². The predicted molar refractivity (Wildman–Crippen MR) is 63.4 cm³/mol. The first-order valence-electron chi connectivity index (χ1n) is 5.90. The number of anilines is 1. The molecule has 16 heavy (non-hydrogen) atoms. The molecular formula is C12H16N4. The molecule has 0 aromatic carbocycles. The summed E-state index contributed by atoms with van der Waals surface area (Å²) in [5.74, 6) is 1.72. The Morgan fingerprint density at radius 3 is 3.12 bits per heavy atom. The second-order valence-electron chi connectivity index (χ2n) is 4.61. The van der Waals surface area contributed by atoms with E-state index < -0.39 is 0 Å². The smallest absolute Gasteiger partial charge is 0.157 e. The zero-order valence-electron chi connectivity index (χ0n) is 9.43. The van der Waals surface area contributed by atoms with Crippen LogP contribution < -0.4 is 5.32 Å². The van der Waals surface area contributed by atoms with Gasteiger partial charge in [0.1, 0.15) is 5.82 Å². The Hall–Kier alpha value is -1.58. The third kappa shape index (κ3) is 1.64. The van der Waals surface area contributed by atoms with Crippen LogP contribution in [0.25, 0.3) is 5.65 Å². The quantitative estimate of drug-likeness (QED) is 0.837. The van der Waals surface area contributed by atoms with Crippen LogP contribution in [0.15, 0.2) is 24.5 Å². The predicted octanol–water partition coefficient (Wildman–Crippen LogP) is 2.33. The van der Waals surface area contributed by atoms with Crippen molar-refractivity contribution in [1.29, 1.82) is 0 Å². The van der Waals surface area contributed by atoms with Crippen LogP contribution in [0.2, 0.25) is 0 Å². The third-order valence-corrected chi connectivity index (χ3v) is 3.45. The van der Waals surface area contributed by atoms with Crippen molar-refractivity contribution in [3.8, 4) is 0 Å². The second-order valence-corrected chi connectivity index (χ2v) is 4.61. The van der Waals surface area contributed by atoms with E-state index in [1.54, 1.807) is 10.7 Å². The summed E-state index contributed by atoms with van der Waals surface area (Å²) in [7, 11) is 0. The molecule has 2 heterocycles. The molecule has 1 N–H and O–H groups in total. The fourth-order valence-corrected chi connectivity index (χ4v) is 2.44. The number of nitrogens with zero attached hydrogens (tertiary/aromatic N) is 3. The van der Waals surface area contributed by atoms with Crippen molar-refractivity contribution >= 4 is 11.5 Å². The molecule has 4 heteroatoms. The Bertz CT molecular complexity index is 490. The molecule has 2 atom stereocenters. The first-order valence-corrected chi connectivity index (χ1v) is 5.90. The van der Waals surface area contributed by atoms with Crippen LogP contribution in [0.4, 0.5) is 5.82 Å². The molecule has 4 nitrogen and oxygen atoms in total. The highest BCUT2D eigenvalue weighted by atomic mass is 15.2. The molecule has 1 fully saturated rings. The molecule has 0 spiro atoms. The summed E-state index contributed by atoms with van der Waals surface area (Å²) < 4.78 is 1.78. The van der Waals surface area contributed by atoms with Crippen molar-refractivity contribution in [3.63, 3.8) is 0 Å². The van der Waals surface area contributed by atoms with Gasteiger partial charge in [-0.25, -0.2) is 9.50 Å². The Kier molecular flexibility index (Phi) is 2.27. The lowest BCUT2D eigenvalue weighted by Gasteiger charge is -2.17. The van der Waals surface area contributed by atoms with Gasteiger partial charge in [-0.3, -0.25) is 0 Å². The monoisotopic (exact) mass is 216 g/mol. The maximum Gasteiger partial charge on any atom is 0.157 e. The SMILES string of the molecule is CC1CCCC1Nc1ccn2nccc2n1. The Labute approximate surface area is 94.7 Å². The zero-order valence-corrected chi connectivity index (χ0v) is 9.43. The minimum Gasteiger partial charge on any atom is -0.367 e. The summed E-state index contributed by atoms with van der Waals surface area (Å²) in [6.07, 6.45) is 7.63. The topological polar surface area (TPSA) is 42.2 Å². The molecule has 3 rings (SSSR count). The average molecular weight is 216 g/mol. The van der Waals surface area contributed by atoms with Gasteiger partial charge in [0.2, 0.25) is 0 Å². The van der Waals surface area contributed by atoms with Crippen molar-refractivity contribution in [3.05, 3.63) is 24.5 Å². The molecule has 0 amide bonds. The van der Waals surface area contributed by atoms with E-state index >= 15 is 0 Å². The molecule has 0 radical (unpaired) electrons. The summed E-state index contributed by atoms with van der Waals surface area (Å²) in [5, 5.41) is 7.65. The van der Waals surface area contributed by atoms with Crippen molar-refractivity contribution in [2.24, 2.45) is 5.92 Å². The van der Waals surface area contributed by atoms with Gasteiger partial charge in [0, 0.05) is 18.3 Å². The number of fused-ring (bicyclic) bond motifs is 1. The second kappa shape index (κ2) is 3.77. The van der Waals surface area contributed by atoms with Crippen LogP contribution in [0.3, 0.4) is 0 Å². The number of hydrogen-bond donors (Lipinski definition) is 1. The van der Waals surface area contributed by atoms with Crippen LogP contribution in [0.1, 0.15) is 26.2 Å². The van der Waals surface area contributed by atoms with E-state index in [4.69, 9.17) is 0 Å². The summed E-state index contributed by atoms with van der Waals surface area (Å²) in [6, 6.07) is 4.49. The van der Waals surface area contributed by atoms with Gasteiger partial charge in [-0.1, -0.05) is 13.3 Å². The molecule has 1 saturated carbocycles. The Morgan fingerprint density at radius 2 is 2.31 bits per heavy atom. The molecule has 0 bridgehead atoms. The molecule has 0 aliphatic heterocycles. The minimum atomic E-state index is 0.581. The highest BCUT2D eigenvalue weighted by Crippen LogP contribution is 2.27. The molecule has 2 unspecified atom stereocenters. The molecule has 0 saturated heterocycles. The number of hydrogen-bond acceptors (Lipinski definition) is 3. The highest BCUT2D eigenvalue weighted by Gasteiger charge is 2.23. The Balaban J connectivity index is 1.83. The maximum atomic E-state index is 4.52. The first-order chi connectivity index (χ1) is 7.83. The fourth-order valence-electron chi connectivity index (χ4n) is 2.44. The van der Waals surface area contributed by atoms with Crippen molar-refractivity contribution in [2.45, 2.75) is 32.2 Å². The molecule has 84 valence electrons. The van der Waals surface area contributed by atoms with Crippen LogP contribution in [-0.2, 0) is 0 Å². The van der Waals surface area contributed by atoms with E-state index in [1.807, 2.05) is 18.3 Å². The summed E-state index contributed by atoms with van der Waals surface area (Å²) in [5.41, 5.74) is 0.899. The minimum absolute atomic E-state index is 0.581. The summed E-state index contributed by atoms with van der Waals surface area (Å²) >= 11 is 0. The molecule has 2 aromatic heterocycles. The Morgan fingerprint density at radius 1 is 1.38 bits per heavy atom. The van der Waals surface area contributed by atoms with Gasteiger partial charge in [-0.2, -0.15) is 5.10 Å². The van der Waals surface area contributed by atoms with Gasteiger partial charge in [0.15, 0.2) is 5.65 Å². The molecule has 1 aliphatic carbocycles. The van der Waals surface area contributed by atoms with Crippen LogP contribution in [0, 0.1) is 5.92 Å². The first kappa shape index (κ1) is 9.63. The lowest BCUT2D eigenvalue weighted by Crippen LogP contribution is -2.22. The van der Waals surface area contributed by atoms with Gasteiger partial charge in [0.05, 0.1) is 6.20 Å². The normalized spacial score (nSPS) is 25.1. The molecule has 1 aliphatic rings. The van der Waals surface area contributed by atoms with Crippen LogP contribution in [-0.4, -0.2) is 20.6 Å². The van der Waals surface area contributed by atoms with Gasteiger partial charge in [0.25, 0.3) is 0 Å². The molecular weight excluding hydrogens is 200 g/mol. The maximum absolute atomic E-state index is 4.52. The summed E-state index contributed by atoms with van der Waals surface area (Å²) in [6.45, 7) is 2.31. The fraction of sp³-hybridized carbons (Fsp3) is 0.500. The van der Waals surface area contributed by atoms with Crippen LogP contribution >= 0.6 is 0 Å². The average Bonchev–Trinajstić information content (AvgIpc) is 2.88. The van der Waals surface area contributed by atoms with E-state index in [0.29, 0.717) is 6.04 Å².